The molecule has 0 heterocycles. The topological polar surface area (TPSA) is 92.3 Å². The summed E-state index contributed by atoms with van der Waals surface area (Å²) in [4.78, 5) is 24.3. The van der Waals surface area contributed by atoms with Crippen molar-refractivity contribution in [1.29, 1.82) is 0 Å². The van der Waals surface area contributed by atoms with Crippen molar-refractivity contribution in [2.75, 3.05) is 40.9 Å². The molecule has 1 N–H and O–H groups in total. The number of carbonyl (C=O) groups is 2. The fraction of sp³-hybridized carbons (Fsp3) is 0.238. The van der Waals surface area contributed by atoms with Gasteiger partial charge >= 0.3 is 5.97 Å². The zero-order valence-corrected chi connectivity index (χ0v) is 16.9. The van der Waals surface area contributed by atoms with Crippen LogP contribution in [0.4, 0.5) is 5.69 Å². The molecule has 2 aromatic rings. The number of anilines is 1. The van der Waals surface area contributed by atoms with Gasteiger partial charge in [-0.3, -0.25) is 4.79 Å². The Balaban J connectivity index is 2.25. The Labute approximate surface area is 169 Å². The van der Waals surface area contributed by atoms with Crippen molar-refractivity contribution >= 4 is 23.6 Å². The molecule has 0 fully saturated rings. The van der Waals surface area contributed by atoms with Crippen LogP contribution in [0.15, 0.2) is 36.4 Å². The number of carbonyl (C=O) groups excluding carboxylic acids is 2. The second-order valence-electron chi connectivity index (χ2n) is 5.68. The lowest BCUT2D eigenvalue weighted by atomic mass is 10.1. The van der Waals surface area contributed by atoms with E-state index in [4.69, 9.17) is 23.7 Å². The second kappa shape index (κ2) is 10.0. The number of benzene rings is 2. The Hall–Kier alpha value is -3.68. The minimum Gasteiger partial charge on any atom is -0.497 e. The van der Waals surface area contributed by atoms with E-state index >= 15 is 0 Å². The SMILES string of the molecule is COC(=O)c1cc(OC)ccc1NC(=O)/C=C/c1cc(OC)c(OC)c(OC)c1. The van der Waals surface area contributed by atoms with Crippen LogP contribution in [0.2, 0.25) is 0 Å². The van der Waals surface area contributed by atoms with Crippen molar-refractivity contribution in [3.8, 4) is 23.0 Å². The van der Waals surface area contributed by atoms with E-state index in [1.807, 2.05) is 0 Å². The molecule has 8 nitrogen and oxygen atoms in total. The zero-order chi connectivity index (χ0) is 21.4. The third kappa shape index (κ3) is 5.19. The lowest BCUT2D eigenvalue weighted by Gasteiger charge is -2.13. The summed E-state index contributed by atoms with van der Waals surface area (Å²) in [6.07, 6.45) is 2.91. The van der Waals surface area contributed by atoms with E-state index in [9.17, 15) is 9.59 Å². The van der Waals surface area contributed by atoms with Crippen molar-refractivity contribution in [3.05, 3.63) is 47.5 Å². The Morgan fingerprint density at radius 2 is 1.52 bits per heavy atom. The first-order valence-corrected chi connectivity index (χ1v) is 8.52. The van der Waals surface area contributed by atoms with Gasteiger partial charge in [0.15, 0.2) is 11.5 Å². The largest absolute Gasteiger partial charge is 0.497 e. The highest BCUT2D eigenvalue weighted by molar-refractivity contribution is 6.06. The minimum absolute atomic E-state index is 0.182. The van der Waals surface area contributed by atoms with Gasteiger partial charge in [0.2, 0.25) is 11.7 Å². The molecule has 0 radical (unpaired) electrons. The van der Waals surface area contributed by atoms with Crippen molar-refractivity contribution in [3.63, 3.8) is 0 Å². The van der Waals surface area contributed by atoms with E-state index in [1.165, 1.54) is 47.7 Å². The second-order valence-corrected chi connectivity index (χ2v) is 5.68. The molecular weight excluding hydrogens is 378 g/mol. The standard InChI is InChI=1S/C21H23NO7/c1-25-14-7-8-16(15(12-14)21(24)29-5)22-19(23)9-6-13-10-17(26-2)20(28-4)18(11-13)27-3/h6-12H,1-5H3,(H,22,23)/b9-6+. The number of rotatable bonds is 8. The molecular formula is C21H23NO7. The van der Waals surface area contributed by atoms with Crippen LogP contribution in [-0.4, -0.2) is 47.4 Å². The molecule has 1 amide bonds. The Bertz CT molecular complexity index is 896. The van der Waals surface area contributed by atoms with Gasteiger partial charge in [0.1, 0.15) is 5.75 Å². The zero-order valence-electron chi connectivity index (χ0n) is 16.9. The molecule has 8 heteroatoms. The maximum Gasteiger partial charge on any atom is 0.340 e. The van der Waals surface area contributed by atoms with Crippen LogP contribution in [-0.2, 0) is 9.53 Å². The summed E-state index contributed by atoms with van der Waals surface area (Å²) in [6.45, 7) is 0. The van der Waals surface area contributed by atoms with Crippen LogP contribution >= 0.6 is 0 Å². The molecule has 0 aliphatic rings. The van der Waals surface area contributed by atoms with E-state index in [0.29, 0.717) is 34.2 Å². The van der Waals surface area contributed by atoms with Crippen LogP contribution in [0.25, 0.3) is 6.08 Å². The van der Waals surface area contributed by atoms with Crippen molar-refractivity contribution in [1.82, 2.24) is 0 Å². The maximum atomic E-state index is 12.4. The van der Waals surface area contributed by atoms with E-state index in [-0.39, 0.29) is 5.56 Å². The summed E-state index contributed by atoms with van der Waals surface area (Å²) in [5.41, 5.74) is 1.15. The quantitative estimate of drug-likeness (QED) is 0.536. The van der Waals surface area contributed by atoms with E-state index in [1.54, 1.807) is 30.3 Å². The molecule has 0 saturated heterocycles. The summed E-state index contributed by atoms with van der Waals surface area (Å²) < 4.78 is 25.7. The molecule has 0 saturated carbocycles. The van der Waals surface area contributed by atoms with Crippen LogP contribution in [0.3, 0.4) is 0 Å². The van der Waals surface area contributed by atoms with Crippen LogP contribution in [0, 0.1) is 0 Å². The number of methoxy groups -OCH3 is 5. The lowest BCUT2D eigenvalue weighted by molar-refractivity contribution is -0.111. The lowest BCUT2D eigenvalue weighted by Crippen LogP contribution is -2.13. The summed E-state index contributed by atoms with van der Waals surface area (Å²) >= 11 is 0. The molecule has 0 aliphatic carbocycles. The first-order chi connectivity index (χ1) is 14.0. The molecule has 154 valence electrons. The fourth-order valence-electron chi connectivity index (χ4n) is 2.58. The average molecular weight is 401 g/mol. The highest BCUT2D eigenvalue weighted by Crippen LogP contribution is 2.38. The predicted molar refractivity (Wildman–Crippen MR) is 108 cm³/mol. The molecule has 0 aromatic heterocycles. The van der Waals surface area contributed by atoms with E-state index in [2.05, 4.69) is 5.32 Å². The third-order valence-electron chi connectivity index (χ3n) is 4.00. The number of ether oxygens (including phenoxy) is 5. The summed E-state index contributed by atoms with van der Waals surface area (Å²) in [7, 11) is 7.27. The summed E-state index contributed by atoms with van der Waals surface area (Å²) in [6, 6.07) is 8.10. The van der Waals surface area contributed by atoms with Gasteiger partial charge in [0, 0.05) is 6.08 Å². The predicted octanol–water partition coefficient (Wildman–Crippen LogP) is 3.16. The van der Waals surface area contributed by atoms with Gasteiger partial charge < -0.3 is 29.0 Å². The molecule has 0 atom stereocenters. The van der Waals surface area contributed by atoms with Crippen molar-refractivity contribution < 1.29 is 33.3 Å². The smallest absolute Gasteiger partial charge is 0.340 e. The van der Waals surface area contributed by atoms with E-state index < -0.39 is 11.9 Å². The first kappa shape index (κ1) is 21.6. The molecule has 29 heavy (non-hydrogen) atoms. The molecule has 0 spiro atoms. The van der Waals surface area contributed by atoms with Crippen LogP contribution in [0.1, 0.15) is 15.9 Å². The minimum atomic E-state index is -0.590. The van der Waals surface area contributed by atoms with E-state index in [0.717, 1.165) is 0 Å². The van der Waals surface area contributed by atoms with Gasteiger partial charge in [-0.25, -0.2) is 4.79 Å². The first-order valence-electron chi connectivity index (χ1n) is 8.52. The Kier molecular flexibility index (Phi) is 7.47. The molecule has 0 bridgehead atoms. The third-order valence-corrected chi connectivity index (χ3v) is 4.00. The van der Waals surface area contributed by atoms with Gasteiger partial charge in [0.25, 0.3) is 0 Å². The highest BCUT2D eigenvalue weighted by Gasteiger charge is 2.15. The van der Waals surface area contributed by atoms with Crippen LogP contribution < -0.4 is 24.3 Å². The number of esters is 1. The Morgan fingerprint density at radius 1 is 0.862 bits per heavy atom. The van der Waals surface area contributed by atoms with Gasteiger partial charge in [0.05, 0.1) is 46.8 Å². The number of hydrogen-bond acceptors (Lipinski definition) is 7. The molecule has 0 aliphatic heterocycles. The number of amides is 1. The summed E-state index contributed by atoms with van der Waals surface area (Å²) in [5.74, 6) is 0.834. The number of nitrogens with one attached hydrogen (secondary N) is 1. The molecule has 2 aromatic carbocycles. The van der Waals surface area contributed by atoms with Gasteiger partial charge in [-0.05, 0) is 42.0 Å². The molecule has 0 unspecified atom stereocenters. The monoisotopic (exact) mass is 401 g/mol. The fourth-order valence-corrected chi connectivity index (χ4v) is 2.58. The maximum absolute atomic E-state index is 12.4. The average Bonchev–Trinajstić information content (AvgIpc) is 2.76. The van der Waals surface area contributed by atoms with Crippen LogP contribution in [0.5, 0.6) is 23.0 Å². The molecule has 2 rings (SSSR count). The van der Waals surface area contributed by atoms with Gasteiger partial charge in [-0.15, -0.1) is 0 Å². The number of hydrogen-bond donors (Lipinski definition) is 1. The highest BCUT2D eigenvalue weighted by atomic mass is 16.5. The van der Waals surface area contributed by atoms with Crippen molar-refractivity contribution in [2.24, 2.45) is 0 Å². The normalized spacial score (nSPS) is 10.4. The van der Waals surface area contributed by atoms with Gasteiger partial charge in [-0.2, -0.15) is 0 Å². The Morgan fingerprint density at radius 3 is 2.03 bits per heavy atom. The van der Waals surface area contributed by atoms with Crippen molar-refractivity contribution in [2.45, 2.75) is 0 Å². The van der Waals surface area contributed by atoms with Gasteiger partial charge in [-0.1, -0.05) is 0 Å². The summed E-state index contributed by atoms with van der Waals surface area (Å²) in [5, 5.41) is 2.66.